The van der Waals surface area contributed by atoms with Crippen molar-refractivity contribution >= 4 is 0 Å². The van der Waals surface area contributed by atoms with Crippen LogP contribution in [0.25, 0.3) is 0 Å². The maximum absolute atomic E-state index is 10.2. The fraction of sp³-hybridized carbons (Fsp3) is 0.571. The number of rotatable bonds is 3. The van der Waals surface area contributed by atoms with Crippen molar-refractivity contribution in [3.05, 3.63) is 29.3 Å². The molecule has 0 aromatic heterocycles. The van der Waals surface area contributed by atoms with Crippen molar-refractivity contribution in [2.75, 3.05) is 0 Å². The Labute approximate surface area is 97.3 Å². The average molecular weight is 220 g/mol. The van der Waals surface area contributed by atoms with Crippen molar-refractivity contribution in [3.63, 3.8) is 0 Å². The van der Waals surface area contributed by atoms with Gasteiger partial charge in [-0.15, -0.1) is 0 Å². The molecule has 2 atom stereocenters. The molecule has 2 nitrogen and oxygen atoms in total. The number of aliphatic hydroxyl groups is 1. The van der Waals surface area contributed by atoms with E-state index < -0.39 is 6.10 Å². The summed E-state index contributed by atoms with van der Waals surface area (Å²) in [6.45, 7) is 6.43. The summed E-state index contributed by atoms with van der Waals surface area (Å²) in [5, 5.41) is 10.2. The first-order valence-corrected chi connectivity index (χ1v) is 6.12. The monoisotopic (exact) mass is 220 g/mol. The van der Waals surface area contributed by atoms with Gasteiger partial charge < -0.3 is 9.84 Å². The number of benzene rings is 1. The van der Waals surface area contributed by atoms with E-state index in [4.69, 9.17) is 4.74 Å². The lowest BCUT2D eigenvalue weighted by Crippen LogP contribution is -2.17. The molecule has 16 heavy (non-hydrogen) atoms. The second-order valence-corrected chi connectivity index (χ2v) is 4.84. The number of hydrogen-bond donors (Lipinski definition) is 1. The van der Waals surface area contributed by atoms with E-state index in [1.807, 2.05) is 6.07 Å². The molecule has 0 spiro atoms. The average Bonchev–Trinajstić information content (AvgIpc) is 2.56. The Hall–Kier alpha value is -1.02. The predicted octanol–water partition coefficient (Wildman–Crippen LogP) is 3.40. The van der Waals surface area contributed by atoms with Crippen LogP contribution in [-0.2, 0) is 0 Å². The zero-order chi connectivity index (χ0) is 11.7. The van der Waals surface area contributed by atoms with Crippen LogP contribution in [0.2, 0.25) is 0 Å². The summed E-state index contributed by atoms with van der Waals surface area (Å²) >= 11 is 0. The molecule has 2 heteroatoms. The fourth-order valence-electron chi connectivity index (χ4n) is 2.19. The summed E-state index contributed by atoms with van der Waals surface area (Å²) in [6, 6.07) is 6.16. The molecular formula is C14H20O2. The summed E-state index contributed by atoms with van der Waals surface area (Å²) < 4.78 is 5.74. The normalized spacial score (nSPS) is 23.3. The van der Waals surface area contributed by atoms with Gasteiger partial charge in [-0.25, -0.2) is 0 Å². The molecule has 0 bridgehead atoms. The van der Waals surface area contributed by atoms with Crippen LogP contribution in [0.5, 0.6) is 5.75 Å². The highest BCUT2D eigenvalue weighted by Crippen LogP contribution is 2.39. The molecular weight excluding hydrogens is 200 g/mol. The summed E-state index contributed by atoms with van der Waals surface area (Å²) in [5.74, 6) is 1.35. The minimum Gasteiger partial charge on any atom is -0.487 e. The molecule has 0 radical (unpaired) electrons. The van der Waals surface area contributed by atoms with E-state index in [0.717, 1.165) is 24.2 Å². The van der Waals surface area contributed by atoms with Crippen LogP contribution in [-0.4, -0.2) is 11.2 Å². The molecule has 2 rings (SSSR count). The van der Waals surface area contributed by atoms with Gasteiger partial charge in [0.15, 0.2) is 0 Å². The largest absolute Gasteiger partial charge is 0.487 e. The lowest BCUT2D eigenvalue weighted by Gasteiger charge is -2.12. The number of hydrogen-bond acceptors (Lipinski definition) is 2. The van der Waals surface area contributed by atoms with E-state index in [0.29, 0.717) is 5.92 Å². The molecule has 1 aromatic rings. The molecule has 0 amide bonds. The highest BCUT2D eigenvalue weighted by Gasteiger charge is 2.32. The van der Waals surface area contributed by atoms with Gasteiger partial charge in [-0.3, -0.25) is 0 Å². The van der Waals surface area contributed by atoms with E-state index in [-0.39, 0.29) is 6.10 Å². The highest BCUT2D eigenvalue weighted by atomic mass is 16.5. The smallest absolute Gasteiger partial charge is 0.129 e. The van der Waals surface area contributed by atoms with Gasteiger partial charge in [-0.05, 0) is 30.0 Å². The molecule has 2 unspecified atom stereocenters. The van der Waals surface area contributed by atoms with Crippen molar-refractivity contribution in [1.82, 2.24) is 0 Å². The standard InChI is InChI=1S/C14H20O2/c1-4-5-13-14(15)11-8-10(9(2)3)6-7-12(11)16-13/h6-9,13-15H,4-5H2,1-3H3. The van der Waals surface area contributed by atoms with Crippen molar-refractivity contribution in [2.45, 2.75) is 51.7 Å². The van der Waals surface area contributed by atoms with Crippen molar-refractivity contribution in [2.24, 2.45) is 0 Å². The van der Waals surface area contributed by atoms with E-state index in [1.165, 1.54) is 5.56 Å². The van der Waals surface area contributed by atoms with Crippen molar-refractivity contribution < 1.29 is 9.84 Å². The second-order valence-electron chi connectivity index (χ2n) is 4.84. The first kappa shape index (κ1) is 11.5. The van der Waals surface area contributed by atoms with Crippen LogP contribution >= 0.6 is 0 Å². The first-order valence-electron chi connectivity index (χ1n) is 6.12. The molecule has 1 aromatic carbocycles. The quantitative estimate of drug-likeness (QED) is 0.846. The van der Waals surface area contributed by atoms with E-state index >= 15 is 0 Å². The van der Waals surface area contributed by atoms with Gasteiger partial charge >= 0.3 is 0 Å². The molecule has 0 saturated carbocycles. The van der Waals surface area contributed by atoms with E-state index in [2.05, 4.69) is 32.9 Å². The summed E-state index contributed by atoms with van der Waals surface area (Å²) in [4.78, 5) is 0. The number of ether oxygens (including phenoxy) is 1. The lowest BCUT2D eigenvalue weighted by molar-refractivity contribution is 0.0616. The maximum atomic E-state index is 10.2. The Balaban J connectivity index is 2.27. The third kappa shape index (κ3) is 1.94. The fourth-order valence-corrected chi connectivity index (χ4v) is 2.19. The molecule has 0 fully saturated rings. The minimum atomic E-state index is -0.450. The topological polar surface area (TPSA) is 29.5 Å². The van der Waals surface area contributed by atoms with Crippen LogP contribution in [0, 0.1) is 0 Å². The van der Waals surface area contributed by atoms with Crippen molar-refractivity contribution in [1.29, 1.82) is 0 Å². The third-order valence-corrected chi connectivity index (χ3v) is 3.22. The van der Waals surface area contributed by atoms with Crippen LogP contribution in [0.4, 0.5) is 0 Å². The molecule has 1 aliphatic rings. The summed E-state index contributed by atoms with van der Waals surface area (Å²) in [7, 11) is 0. The van der Waals surface area contributed by atoms with Gasteiger partial charge in [0.05, 0.1) is 0 Å². The zero-order valence-electron chi connectivity index (χ0n) is 10.2. The Bertz CT molecular complexity index is 371. The molecule has 1 heterocycles. The van der Waals surface area contributed by atoms with Crippen molar-refractivity contribution in [3.8, 4) is 5.75 Å². The van der Waals surface area contributed by atoms with Gasteiger partial charge in [-0.1, -0.05) is 33.3 Å². The second kappa shape index (κ2) is 4.46. The number of fused-ring (bicyclic) bond motifs is 1. The summed E-state index contributed by atoms with van der Waals surface area (Å²) in [5.41, 5.74) is 2.23. The Kier molecular flexibility index (Phi) is 3.20. The van der Waals surface area contributed by atoms with Gasteiger partial charge in [0, 0.05) is 5.56 Å². The summed E-state index contributed by atoms with van der Waals surface area (Å²) in [6.07, 6.45) is 1.44. The van der Waals surface area contributed by atoms with Crippen LogP contribution in [0.3, 0.4) is 0 Å². The molecule has 0 aliphatic carbocycles. The lowest BCUT2D eigenvalue weighted by atomic mass is 9.97. The highest BCUT2D eigenvalue weighted by molar-refractivity contribution is 5.43. The minimum absolute atomic E-state index is 0.0533. The predicted molar refractivity (Wildman–Crippen MR) is 64.8 cm³/mol. The van der Waals surface area contributed by atoms with E-state index in [9.17, 15) is 5.11 Å². The number of aliphatic hydroxyl groups excluding tert-OH is 1. The molecule has 1 aliphatic heterocycles. The third-order valence-electron chi connectivity index (χ3n) is 3.22. The molecule has 88 valence electrons. The van der Waals surface area contributed by atoms with Gasteiger partial charge in [0.25, 0.3) is 0 Å². The molecule has 0 saturated heterocycles. The van der Waals surface area contributed by atoms with Crippen LogP contribution in [0.15, 0.2) is 18.2 Å². The van der Waals surface area contributed by atoms with E-state index in [1.54, 1.807) is 0 Å². The Morgan fingerprint density at radius 1 is 1.38 bits per heavy atom. The maximum Gasteiger partial charge on any atom is 0.129 e. The SMILES string of the molecule is CCCC1Oc2ccc(C(C)C)cc2C1O. The zero-order valence-corrected chi connectivity index (χ0v) is 10.2. The van der Waals surface area contributed by atoms with Gasteiger partial charge in [0.2, 0.25) is 0 Å². The Morgan fingerprint density at radius 2 is 2.12 bits per heavy atom. The first-order chi connectivity index (χ1) is 7.63. The molecule has 1 N–H and O–H groups in total. The van der Waals surface area contributed by atoms with Crippen LogP contribution in [0.1, 0.15) is 56.8 Å². The van der Waals surface area contributed by atoms with Crippen LogP contribution < -0.4 is 4.74 Å². The van der Waals surface area contributed by atoms with Gasteiger partial charge in [-0.2, -0.15) is 0 Å². The Morgan fingerprint density at radius 3 is 2.75 bits per heavy atom. The van der Waals surface area contributed by atoms with Gasteiger partial charge in [0.1, 0.15) is 18.0 Å².